The van der Waals surface area contributed by atoms with Gasteiger partial charge in [0.2, 0.25) is 0 Å². The highest BCUT2D eigenvalue weighted by atomic mass is 16.7. The summed E-state index contributed by atoms with van der Waals surface area (Å²) in [4.78, 5) is 25.8. The van der Waals surface area contributed by atoms with E-state index in [2.05, 4.69) is 13.5 Å². The molecule has 15 nitrogen and oxygen atoms in total. The third-order valence-corrected chi connectivity index (χ3v) is 13.9. The molecule has 15 heteroatoms. The van der Waals surface area contributed by atoms with Gasteiger partial charge in [-0.1, -0.05) is 199 Å². The first kappa shape index (κ1) is 64.4. The SMILES string of the molecule is C=CCCCCCCCCCCCCCCCC(=O)OC[C@H](CO[C@H]1O[C@@H](CO[C@H]2O[C@@H](CO)[C@@H](O)C(O)C2O)[C@@H](O)C(O)C1O)OC(=O)CCCCCCCCCCCCCCCCCCCCC. The summed E-state index contributed by atoms with van der Waals surface area (Å²) in [5.41, 5.74) is 0. The first-order valence-corrected chi connectivity index (χ1v) is 28.2. The zero-order valence-corrected chi connectivity index (χ0v) is 43.6. The topological polar surface area (TPSA) is 231 Å². The maximum Gasteiger partial charge on any atom is 0.306 e. The third-order valence-electron chi connectivity index (χ3n) is 13.9. The van der Waals surface area contributed by atoms with Crippen LogP contribution in [0.1, 0.15) is 232 Å². The van der Waals surface area contributed by atoms with E-state index in [0.29, 0.717) is 12.8 Å². The normalized spacial score (nSPS) is 25.2. The fourth-order valence-electron chi connectivity index (χ4n) is 9.26. The largest absolute Gasteiger partial charge is 0.462 e. The maximum absolute atomic E-state index is 13.0. The van der Waals surface area contributed by atoms with Crippen LogP contribution in [0.25, 0.3) is 0 Å². The van der Waals surface area contributed by atoms with Gasteiger partial charge < -0.3 is 64.2 Å². The molecule has 0 spiro atoms. The van der Waals surface area contributed by atoms with Gasteiger partial charge in [-0.15, -0.1) is 6.58 Å². The third kappa shape index (κ3) is 29.8. The molecular formula is C55H102O15. The van der Waals surface area contributed by atoms with Crippen molar-refractivity contribution in [2.75, 3.05) is 26.4 Å². The van der Waals surface area contributed by atoms with Crippen LogP contribution in [0.4, 0.5) is 0 Å². The van der Waals surface area contributed by atoms with Gasteiger partial charge in [0.15, 0.2) is 18.7 Å². The number of aliphatic hydroxyl groups excluding tert-OH is 7. The van der Waals surface area contributed by atoms with Crippen molar-refractivity contribution in [1.82, 2.24) is 0 Å². The smallest absolute Gasteiger partial charge is 0.306 e. The van der Waals surface area contributed by atoms with Gasteiger partial charge in [-0.2, -0.15) is 0 Å². The average Bonchev–Trinajstić information content (AvgIpc) is 3.35. The minimum absolute atomic E-state index is 0.171. The number of unbranched alkanes of at least 4 members (excludes halogenated alkanes) is 31. The number of hydrogen-bond acceptors (Lipinski definition) is 15. The molecule has 4 unspecified atom stereocenters. The number of carbonyl (C=O) groups is 2. The highest BCUT2D eigenvalue weighted by Gasteiger charge is 2.47. The second kappa shape index (κ2) is 42.6. The first-order valence-electron chi connectivity index (χ1n) is 28.2. The highest BCUT2D eigenvalue weighted by molar-refractivity contribution is 5.70. The average molecular weight is 1000 g/mol. The van der Waals surface area contributed by atoms with Gasteiger partial charge in [-0.3, -0.25) is 9.59 Å². The zero-order chi connectivity index (χ0) is 51.0. The summed E-state index contributed by atoms with van der Waals surface area (Å²) in [6.45, 7) is 4.17. The summed E-state index contributed by atoms with van der Waals surface area (Å²) in [6, 6.07) is 0. The molecule has 2 heterocycles. The van der Waals surface area contributed by atoms with Crippen LogP contribution in [0.3, 0.4) is 0 Å². The summed E-state index contributed by atoms with van der Waals surface area (Å²) < 4.78 is 33.7. The first-order chi connectivity index (χ1) is 34.0. The van der Waals surface area contributed by atoms with E-state index in [4.69, 9.17) is 28.4 Å². The Kier molecular flexibility index (Phi) is 39.1. The summed E-state index contributed by atoms with van der Waals surface area (Å²) >= 11 is 0. The Bertz CT molecular complexity index is 1260. The number of carbonyl (C=O) groups excluding carboxylic acids is 2. The van der Waals surface area contributed by atoms with Crippen molar-refractivity contribution in [3.8, 4) is 0 Å². The summed E-state index contributed by atoms with van der Waals surface area (Å²) in [5.74, 6) is -0.913. The van der Waals surface area contributed by atoms with Crippen molar-refractivity contribution in [1.29, 1.82) is 0 Å². The van der Waals surface area contributed by atoms with Crippen LogP contribution in [0.15, 0.2) is 12.7 Å². The van der Waals surface area contributed by atoms with Crippen molar-refractivity contribution >= 4 is 11.9 Å². The molecule has 0 aliphatic carbocycles. The molecule has 0 aromatic carbocycles. The molecule has 7 N–H and O–H groups in total. The van der Waals surface area contributed by atoms with E-state index in [0.717, 1.165) is 44.9 Å². The fourth-order valence-corrected chi connectivity index (χ4v) is 9.26. The molecular weight excluding hydrogens is 901 g/mol. The second-order valence-corrected chi connectivity index (χ2v) is 20.2. The van der Waals surface area contributed by atoms with Crippen LogP contribution in [0.2, 0.25) is 0 Å². The van der Waals surface area contributed by atoms with Gasteiger partial charge in [0.25, 0.3) is 0 Å². The van der Waals surface area contributed by atoms with Crippen molar-refractivity contribution in [2.45, 2.75) is 299 Å². The van der Waals surface area contributed by atoms with E-state index in [1.165, 1.54) is 154 Å². The molecule has 0 aromatic heterocycles. The molecule has 0 radical (unpaired) electrons. The van der Waals surface area contributed by atoms with E-state index >= 15 is 0 Å². The molecule has 2 saturated heterocycles. The molecule has 11 atom stereocenters. The number of aliphatic hydroxyl groups is 7. The van der Waals surface area contributed by atoms with Gasteiger partial charge in [0.1, 0.15) is 55.4 Å². The second-order valence-electron chi connectivity index (χ2n) is 20.2. The number of ether oxygens (including phenoxy) is 6. The molecule has 0 aromatic rings. The highest BCUT2D eigenvalue weighted by Crippen LogP contribution is 2.27. The van der Waals surface area contributed by atoms with Crippen LogP contribution in [0.5, 0.6) is 0 Å². The van der Waals surface area contributed by atoms with Crippen molar-refractivity contribution in [3.05, 3.63) is 12.7 Å². The number of esters is 2. The molecule has 2 aliphatic rings. The van der Waals surface area contributed by atoms with Crippen molar-refractivity contribution < 1.29 is 73.8 Å². The van der Waals surface area contributed by atoms with Crippen molar-refractivity contribution in [3.63, 3.8) is 0 Å². The van der Waals surface area contributed by atoms with Crippen LogP contribution in [0, 0.1) is 0 Å². The monoisotopic (exact) mass is 1000 g/mol. The van der Waals surface area contributed by atoms with E-state index in [9.17, 15) is 45.3 Å². The Labute approximate surface area is 422 Å². The van der Waals surface area contributed by atoms with Crippen LogP contribution >= 0.6 is 0 Å². The Balaban J connectivity index is 1.75. The molecule has 0 saturated carbocycles. The van der Waals surface area contributed by atoms with Crippen molar-refractivity contribution in [2.24, 2.45) is 0 Å². The fraction of sp³-hybridized carbons (Fsp3) is 0.927. The molecule has 0 amide bonds. The van der Waals surface area contributed by atoms with E-state index in [1.54, 1.807) is 0 Å². The Morgan fingerprint density at radius 3 is 1.27 bits per heavy atom. The minimum Gasteiger partial charge on any atom is -0.462 e. The quantitative estimate of drug-likeness (QED) is 0.0171. The minimum atomic E-state index is -1.76. The van der Waals surface area contributed by atoms with Gasteiger partial charge in [-0.25, -0.2) is 0 Å². The molecule has 2 rings (SSSR count). The van der Waals surface area contributed by atoms with E-state index in [1.807, 2.05) is 6.08 Å². The van der Waals surface area contributed by atoms with Crippen LogP contribution in [-0.4, -0.2) is 142 Å². The predicted molar refractivity (Wildman–Crippen MR) is 271 cm³/mol. The lowest BCUT2D eigenvalue weighted by Gasteiger charge is -2.42. The molecule has 70 heavy (non-hydrogen) atoms. The Morgan fingerprint density at radius 1 is 0.471 bits per heavy atom. The van der Waals surface area contributed by atoms with E-state index < -0.39 is 92.7 Å². The van der Waals surface area contributed by atoms with Crippen LogP contribution in [-0.2, 0) is 38.0 Å². The number of allylic oxidation sites excluding steroid dienone is 1. The van der Waals surface area contributed by atoms with E-state index in [-0.39, 0.29) is 26.1 Å². The van der Waals surface area contributed by atoms with Crippen LogP contribution < -0.4 is 0 Å². The lowest BCUT2D eigenvalue weighted by atomic mass is 9.98. The Hall–Kier alpha value is -1.76. The van der Waals surface area contributed by atoms with Gasteiger partial charge >= 0.3 is 11.9 Å². The molecule has 0 bridgehead atoms. The summed E-state index contributed by atoms with van der Waals surface area (Å²) in [7, 11) is 0. The van der Waals surface area contributed by atoms with Gasteiger partial charge in [0, 0.05) is 12.8 Å². The van der Waals surface area contributed by atoms with Gasteiger partial charge in [-0.05, 0) is 25.7 Å². The number of rotatable bonds is 46. The molecule has 412 valence electrons. The summed E-state index contributed by atoms with van der Waals surface area (Å²) in [5, 5.41) is 72.2. The number of hydrogen-bond donors (Lipinski definition) is 7. The lowest BCUT2D eigenvalue weighted by molar-refractivity contribution is -0.332. The lowest BCUT2D eigenvalue weighted by Crippen LogP contribution is -2.61. The zero-order valence-electron chi connectivity index (χ0n) is 43.6. The standard InChI is InChI=1S/C55H102O15/c1-3-5-7-9-11-13-15-17-19-20-21-22-24-26-28-30-32-34-36-38-47(58)68-43(40-65-46(57)37-35-33-31-29-27-25-23-18-16-14-12-10-8-6-4-2)41-66-54-53(64)51(62)49(60)45(70-54)42-67-55-52(63)50(61)48(59)44(39-56)69-55/h4,43-45,48-56,59-64H,2-3,5-42H2,1H3/t43-,44+,45+,48-,49-,50?,51?,52?,53?,54+,55+/m1/s1. The molecule has 2 fully saturated rings. The van der Waals surface area contributed by atoms with Gasteiger partial charge in [0.05, 0.1) is 19.8 Å². The maximum atomic E-state index is 13.0. The Morgan fingerprint density at radius 2 is 0.843 bits per heavy atom. The summed E-state index contributed by atoms with van der Waals surface area (Å²) in [6.07, 6.45) is 25.5. The molecule has 2 aliphatic heterocycles. The predicted octanol–water partition coefficient (Wildman–Crippen LogP) is 8.94.